The van der Waals surface area contributed by atoms with Gasteiger partial charge in [-0.1, -0.05) is 13.8 Å². The fourth-order valence-corrected chi connectivity index (χ4v) is 3.06. The van der Waals surface area contributed by atoms with Gasteiger partial charge in [-0.15, -0.1) is 0 Å². The molecule has 0 aromatic rings. The molecule has 4 nitrogen and oxygen atoms in total. The van der Waals surface area contributed by atoms with E-state index in [-0.39, 0.29) is 5.92 Å². The highest BCUT2D eigenvalue weighted by Gasteiger charge is 2.28. The van der Waals surface area contributed by atoms with E-state index >= 15 is 0 Å². The Balaban J connectivity index is 4.27. The van der Waals surface area contributed by atoms with Gasteiger partial charge in [0.25, 0.3) is 0 Å². The van der Waals surface area contributed by atoms with E-state index in [0.717, 1.165) is 0 Å². The molecule has 0 saturated heterocycles. The number of nitriles is 1. The molecule has 5 heteroatoms. The summed E-state index contributed by atoms with van der Waals surface area (Å²) < 4.78 is 11.8. The van der Waals surface area contributed by atoms with Crippen molar-refractivity contribution in [2.75, 3.05) is 5.75 Å². The number of hydrogen-bond acceptors (Lipinski definition) is 3. The summed E-state index contributed by atoms with van der Waals surface area (Å²) in [5.74, 6) is -0.796. The van der Waals surface area contributed by atoms with Crippen molar-refractivity contribution < 1.29 is 14.1 Å². The van der Waals surface area contributed by atoms with Crippen LogP contribution in [0.3, 0.4) is 0 Å². The van der Waals surface area contributed by atoms with Crippen LogP contribution in [0.5, 0.6) is 0 Å². The first kappa shape index (κ1) is 16.1. The standard InChI is InChI=1S/C12H21NO3S/c1-9(2)10(11(14)15)17(16)7-5-6-12(3,4)8-13/h9-10H,5-7H2,1-4H3,(H,14,15). The predicted molar refractivity (Wildman–Crippen MR) is 67.9 cm³/mol. The Morgan fingerprint density at radius 2 is 2.00 bits per heavy atom. The molecule has 0 aromatic heterocycles. The Morgan fingerprint density at radius 3 is 2.35 bits per heavy atom. The lowest BCUT2D eigenvalue weighted by Crippen LogP contribution is -2.32. The fourth-order valence-electron chi connectivity index (χ4n) is 1.54. The third-order valence-electron chi connectivity index (χ3n) is 2.58. The van der Waals surface area contributed by atoms with Crippen LogP contribution in [0, 0.1) is 22.7 Å². The summed E-state index contributed by atoms with van der Waals surface area (Å²) in [6.07, 6.45) is 1.25. The van der Waals surface area contributed by atoms with E-state index < -0.39 is 27.4 Å². The van der Waals surface area contributed by atoms with Gasteiger partial charge in [-0.05, 0) is 32.6 Å². The zero-order valence-electron chi connectivity index (χ0n) is 10.9. The molecular formula is C12H21NO3S. The van der Waals surface area contributed by atoms with Crippen LogP contribution in [0.1, 0.15) is 40.5 Å². The van der Waals surface area contributed by atoms with Crippen molar-refractivity contribution in [2.45, 2.75) is 45.8 Å². The van der Waals surface area contributed by atoms with Gasteiger partial charge in [-0.3, -0.25) is 9.00 Å². The number of rotatable bonds is 7. The van der Waals surface area contributed by atoms with Gasteiger partial charge >= 0.3 is 5.97 Å². The van der Waals surface area contributed by atoms with Crippen LogP contribution in [0.2, 0.25) is 0 Å². The zero-order chi connectivity index (χ0) is 13.6. The van der Waals surface area contributed by atoms with Gasteiger partial charge in [0.1, 0.15) is 5.25 Å². The molecule has 0 aliphatic rings. The van der Waals surface area contributed by atoms with Crippen molar-refractivity contribution in [3.63, 3.8) is 0 Å². The Bertz CT molecular complexity index is 331. The molecule has 0 amide bonds. The van der Waals surface area contributed by atoms with Crippen molar-refractivity contribution >= 4 is 16.8 Å². The maximum absolute atomic E-state index is 11.8. The Labute approximate surface area is 105 Å². The molecule has 0 spiro atoms. The van der Waals surface area contributed by atoms with E-state index in [0.29, 0.717) is 18.6 Å². The SMILES string of the molecule is CC(C)C(C(=O)O)S(=O)CCCC(C)(C)C#N. The van der Waals surface area contributed by atoms with Gasteiger partial charge < -0.3 is 5.11 Å². The van der Waals surface area contributed by atoms with Crippen molar-refractivity contribution in [3.8, 4) is 6.07 Å². The molecule has 0 aliphatic carbocycles. The van der Waals surface area contributed by atoms with Gasteiger partial charge in [0, 0.05) is 16.6 Å². The van der Waals surface area contributed by atoms with Crippen LogP contribution >= 0.6 is 0 Å². The van der Waals surface area contributed by atoms with Gasteiger partial charge in [-0.25, -0.2) is 0 Å². The molecule has 0 radical (unpaired) electrons. The van der Waals surface area contributed by atoms with Crippen LogP contribution < -0.4 is 0 Å². The summed E-state index contributed by atoms with van der Waals surface area (Å²) in [4.78, 5) is 11.0. The summed E-state index contributed by atoms with van der Waals surface area (Å²) in [6, 6.07) is 2.17. The topological polar surface area (TPSA) is 78.2 Å². The number of hydrogen-bond donors (Lipinski definition) is 1. The maximum Gasteiger partial charge on any atom is 0.319 e. The van der Waals surface area contributed by atoms with Crippen molar-refractivity contribution in [1.29, 1.82) is 5.26 Å². The molecular weight excluding hydrogens is 238 g/mol. The Morgan fingerprint density at radius 1 is 1.47 bits per heavy atom. The van der Waals surface area contributed by atoms with E-state index in [1.54, 1.807) is 13.8 Å². The second kappa shape index (κ2) is 6.75. The molecule has 0 saturated carbocycles. The van der Waals surface area contributed by atoms with Gasteiger partial charge in [0.2, 0.25) is 0 Å². The fraction of sp³-hybridized carbons (Fsp3) is 0.833. The lowest BCUT2D eigenvalue weighted by molar-refractivity contribution is -0.137. The molecule has 0 heterocycles. The predicted octanol–water partition coefficient (Wildman–Crippen LogP) is 2.17. The Kier molecular flexibility index (Phi) is 6.40. The van der Waals surface area contributed by atoms with Crippen molar-refractivity contribution in [2.24, 2.45) is 11.3 Å². The average Bonchev–Trinajstić information content (AvgIpc) is 2.16. The molecule has 2 unspecified atom stereocenters. The Hall–Kier alpha value is -0.890. The van der Waals surface area contributed by atoms with E-state index in [2.05, 4.69) is 6.07 Å². The van der Waals surface area contributed by atoms with Gasteiger partial charge in [-0.2, -0.15) is 5.26 Å². The quantitative estimate of drug-likeness (QED) is 0.760. The van der Waals surface area contributed by atoms with E-state index in [1.165, 1.54) is 0 Å². The molecule has 17 heavy (non-hydrogen) atoms. The first-order chi connectivity index (χ1) is 7.71. The summed E-state index contributed by atoms with van der Waals surface area (Å²) in [6.45, 7) is 7.17. The maximum atomic E-state index is 11.8. The second-order valence-electron chi connectivity index (χ2n) is 5.19. The molecule has 0 bridgehead atoms. The average molecular weight is 259 g/mol. The van der Waals surface area contributed by atoms with Crippen LogP contribution in [-0.4, -0.2) is 26.3 Å². The van der Waals surface area contributed by atoms with E-state index in [9.17, 15) is 9.00 Å². The molecule has 98 valence electrons. The molecule has 1 N–H and O–H groups in total. The highest BCUT2D eigenvalue weighted by Crippen LogP contribution is 2.21. The highest BCUT2D eigenvalue weighted by molar-refractivity contribution is 7.86. The lowest BCUT2D eigenvalue weighted by Gasteiger charge is -2.18. The van der Waals surface area contributed by atoms with Crippen LogP contribution in [-0.2, 0) is 15.6 Å². The normalized spacial score (nSPS) is 15.3. The van der Waals surface area contributed by atoms with Crippen molar-refractivity contribution in [3.05, 3.63) is 0 Å². The number of carboxylic acid groups (broad SMARTS) is 1. The van der Waals surface area contributed by atoms with E-state index in [4.69, 9.17) is 10.4 Å². The van der Waals surface area contributed by atoms with Gasteiger partial charge in [0.05, 0.1) is 11.5 Å². The molecule has 0 aromatic carbocycles. The molecule has 0 rings (SSSR count). The third kappa shape index (κ3) is 5.83. The van der Waals surface area contributed by atoms with E-state index in [1.807, 2.05) is 13.8 Å². The largest absolute Gasteiger partial charge is 0.480 e. The minimum absolute atomic E-state index is 0.141. The molecule has 0 fully saturated rings. The number of aliphatic carboxylic acids is 1. The van der Waals surface area contributed by atoms with Crippen molar-refractivity contribution in [1.82, 2.24) is 0 Å². The van der Waals surface area contributed by atoms with Crippen LogP contribution in [0.4, 0.5) is 0 Å². The van der Waals surface area contributed by atoms with Crippen LogP contribution in [0.15, 0.2) is 0 Å². The monoisotopic (exact) mass is 259 g/mol. The molecule has 2 atom stereocenters. The number of nitrogens with zero attached hydrogens (tertiary/aromatic N) is 1. The minimum Gasteiger partial charge on any atom is -0.480 e. The lowest BCUT2D eigenvalue weighted by atomic mass is 9.90. The summed E-state index contributed by atoms with van der Waals surface area (Å²) >= 11 is 0. The van der Waals surface area contributed by atoms with Gasteiger partial charge in [0.15, 0.2) is 0 Å². The first-order valence-electron chi connectivity index (χ1n) is 5.72. The molecule has 0 aliphatic heterocycles. The highest BCUT2D eigenvalue weighted by atomic mass is 32.2. The second-order valence-corrected chi connectivity index (χ2v) is 6.86. The minimum atomic E-state index is -1.36. The third-order valence-corrected chi connectivity index (χ3v) is 4.59. The summed E-state index contributed by atoms with van der Waals surface area (Å²) in [5, 5.41) is 17.0. The van der Waals surface area contributed by atoms with Crippen LogP contribution in [0.25, 0.3) is 0 Å². The smallest absolute Gasteiger partial charge is 0.319 e. The summed E-state index contributed by atoms with van der Waals surface area (Å²) in [7, 11) is -1.36. The first-order valence-corrected chi connectivity index (χ1v) is 7.10. The zero-order valence-corrected chi connectivity index (χ0v) is 11.7. The number of carboxylic acids is 1. The summed E-state index contributed by atoms with van der Waals surface area (Å²) in [5.41, 5.74) is -0.430. The number of carbonyl (C=O) groups is 1.